The molecule has 0 aromatic carbocycles. The summed E-state index contributed by atoms with van der Waals surface area (Å²) in [6.07, 6.45) is 6.26. The molecule has 7 heteroatoms. The van der Waals surface area contributed by atoms with Crippen LogP contribution in [0, 0.1) is 6.92 Å². The number of carbonyl (C=O) groups excluding carboxylic acids is 1. The zero-order chi connectivity index (χ0) is 16.3. The molecule has 0 unspecified atom stereocenters. The van der Waals surface area contributed by atoms with Crippen molar-refractivity contribution in [3.63, 3.8) is 0 Å². The van der Waals surface area contributed by atoms with E-state index in [9.17, 15) is 4.79 Å². The van der Waals surface area contributed by atoms with Crippen molar-refractivity contribution >= 4 is 22.2 Å². The van der Waals surface area contributed by atoms with Crippen LogP contribution in [0.3, 0.4) is 0 Å². The molecule has 0 saturated heterocycles. The number of oxazole rings is 1. The van der Waals surface area contributed by atoms with Gasteiger partial charge in [0.2, 0.25) is 0 Å². The van der Waals surface area contributed by atoms with Crippen LogP contribution in [-0.4, -0.2) is 31.7 Å². The SMILES string of the molecule is Cc1nc2sccn2c1C(=O)N1CCc2oc(C3CCC3)nc2C1. The first kappa shape index (κ1) is 14.2. The third kappa shape index (κ3) is 2.04. The maximum atomic E-state index is 13.0. The number of hydrogen-bond donors (Lipinski definition) is 0. The minimum atomic E-state index is 0.0252. The number of imidazole rings is 1. The molecule has 2 aliphatic rings. The molecule has 24 heavy (non-hydrogen) atoms. The summed E-state index contributed by atoms with van der Waals surface area (Å²) in [6.45, 7) is 3.09. The third-order valence-electron chi connectivity index (χ3n) is 5.12. The first-order valence-corrected chi connectivity index (χ1v) is 9.28. The monoisotopic (exact) mass is 342 g/mol. The third-order valence-corrected chi connectivity index (χ3v) is 5.88. The predicted molar refractivity (Wildman–Crippen MR) is 89.3 cm³/mol. The summed E-state index contributed by atoms with van der Waals surface area (Å²) in [6, 6.07) is 0. The number of nitrogens with zero attached hydrogens (tertiary/aromatic N) is 4. The largest absolute Gasteiger partial charge is 0.445 e. The molecule has 0 spiro atoms. The van der Waals surface area contributed by atoms with E-state index < -0.39 is 0 Å². The fraction of sp³-hybridized carbons (Fsp3) is 0.471. The number of amides is 1. The molecule has 1 amide bonds. The Hall–Kier alpha value is -2.15. The van der Waals surface area contributed by atoms with Crippen LogP contribution in [0.15, 0.2) is 16.0 Å². The summed E-state index contributed by atoms with van der Waals surface area (Å²) in [5, 5.41) is 1.95. The van der Waals surface area contributed by atoms with Crippen molar-refractivity contribution < 1.29 is 9.21 Å². The number of aromatic nitrogens is 3. The summed E-state index contributed by atoms with van der Waals surface area (Å²) >= 11 is 1.54. The molecule has 1 saturated carbocycles. The second kappa shape index (κ2) is 5.17. The minimum absolute atomic E-state index is 0.0252. The molecular formula is C17H18N4O2S. The average Bonchev–Trinajstić information content (AvgIpc) is 3.17. The van der Waals surface area contributed by atoms with E-state index in [2.05, 4.69) is 9.97 Å². The molecule has 1 fully saturated rings. The lowest BCUT2D eigenvalue weighted by Crippen LogP contribution is -2.36. The van der Waals surface area contributed by atoms with E-state index in [0.29, 0.717) is 24.7 Å². The Labute approximate surface area is 143 Å². The van der Waals surface area contributed by atoms with E-state index >= 15 is 0 Å². The second-order valence-corrected chi connectivity index (χ2v) is 7.50. The molecule has 1 aliphatic heterocycles. The highest BCUT2D eigenvalue weighted by molar-refractivity contribution is 7.15. The van der Waals surface area contributed by atoms with Crippen LogP contribution in [0.5, 0.6) is 0 Å². The molecule has 4 heterocycles. The van der Waals surface area contributed by atoms with Gasteiger partial charge in [0.25, 0.3) is 5.91 Å². The van der Waals surface area contributed by atoms with E-state index in [1.807, 2.05) is 27.8 Å². The normalized spacial score (nSPS) is 18.0. The summed E-state index contributed by atoms with van der Waals surface area (Å²) < 4.78 is 7.83. The minimum Gasteiger partial charge on any atom is -0.445 e. The van der Waals surface area contributed by atoms with Crippen molar-refractivity contribution in [1.82, 2.24) is 19.3 Å². The standard InChI is InChI=1S/C17H18N4O2S/c1-10-14(21-7-8-24-17(21)18-10)16(22)20-6-5-13-12(9-20)19-15(23-13)11-3-2-4-11/h7-8,11H,2-6,9H2,1H3. The lowest BCUT2D eigenvalue weighted by molar-refractivity contribution is 0.0720. The number of carbonyl (C=O) groups is 1. The molecule has 0 atom stereocenters. The van der Waals surface area contributed by atoms with Gasteiger partial charge in [0.15, 0.2) is 10.9 Å². The second-order valence-electron chi connectivity index (χ2n) is 6.63. The fourth-order valence-electron chi connectivity index (χ4n) is 3.52. The summed E-state index contributed by atoms with van der Waals surface area (Å²) in [7, 11) is 0. The van der Waals surface area contributed by atoms with Crippen LogP contribution in [0.2, 0.25) is 0 Å². The van der Waals surface area contributed by atoms with Crippen molar-refractivity contribution in [2.45, 2.75) is 45.1 Å². The zero-order valence-corrected chi connectivity index (χ0v) is 14.3. The molecule has 124 valence electrons. The fourth-order valence-corrected chi connectivity index (χ4v) is 4.28. The Morgan fingerprint density at radius 2 is 2.25 bits per heavy atom. The van der Waals surface area contributed by atoms with Gasteiger partial charge in [-0.05, 0) is 19.8 Å². The molecule has 3 aromatic rings. The van der Waals surface area contributed by atoms with E-state index in [-0.39, 0.29) is 5.91 Å². The molecule has 6 nitrogen and oxygen atoms in total. The first-order chi connectivity index (χ1) is 11.7. The topological polar surface area (TPSA) is 63.6 Å². The van der Waals surface area contributed by atoms with Gasteiger partial charge >= 0.3 is 0 Å². The van der Waals surface area contributed by atoms with Gasteiger partial charge in [-0.15, -0.1) is 11.3 Å². The van der Waals surface area contributed by atoms with Gasteiger partial charge in [-0.2, -0.15) is 0 Å². The average molecular weight is 342 g/mol. The van der Waals surface area contributed by atoms with Gasteiger partial charge in [0.05, 0.1) is 12.2 Å². The highest BCUT2D eigenvalue weighted by Crippen LogP contribution is 2.37. The number of hydrogen-bond acceptors (Lipinski definition) is 5. The molecule has 0 radical (unpaired) electrons. The molecule has 1 aliphatic carbocycles. The Balaban J connectivity index is 1.44. The van der Waals surface area contributed by atoms with Crippen molar-refractivity contribution in [2.75, 3.05) is 6.54 Å². The van der Waals surface area contributed by atoms with Crippen LogP contribution in [-0.2, 0) is 13.0 Å². The summed E-state index contributed by atoms with van der Waals surface area (Å²) in [5.74, 6) is 2.35. The number of rotatable bonds is 2. The van der Waals surface area contributed by atoms with Crippen LogP contribution in [0.1, 0.15) is 58.7 Å². The van der Waals surface area contributed by atoms with E-state index in [1.165, 1.54) is 19.3 Å². The lowest BCUT2D eigenvalue weighted by Gasteiger charge is -2.25. The molecule has 0 bridgehead atoms. The van der Waals surface area contributed by atoms with Gasteiger partial charge in [0, 0.05) is 30.5 Å². The smallest absolute Gasteiger partial charge is 0.273 e. The van der Waals surface area contributed by atoms with Crippen molar-refractivity contribution in [3.8, 4) is 0 Å². The quantitative estimate of drug-likeness (QED) is 0.718. The van der Waals surface area contributed by atoms with Crippen molar-refractivity contribution in [3.05, 3.63) is 40.3 Å². The van der Waals surface area contributed by atoms with Crippen LogP contribution >= 0.6 is 11.3 Å². The van der Waals surface area contributed by atoms with E-state index in [1.54, 1.807) is 11.3 Å². The zero-order valence-electron chi connectivity index (χ0n) is 13.5. The van der Waals surface area contributed by atoms with Crippen molar-refractivity contribution in [1.29, 1.82) is 0 Å². The highest BCUT2D eigenvalue weighted by atomic mass is 32.1. The van der Waals surface area contributed by atoms with E-state index in [4.69, 9.17) is 4.42 Å². The van der Waals surface area contributed by atoms with Gasteiger partial charge in [-0.3, -0.25) is 9.20 Å². The van der Waals surface area contributed by atoms with E-state index in [0.717, 1.165) is 34.4 Å². The molecule has 0 N–H and O–H groups in total. The predicted octanol–water partition coefficient (Wildman–Crippen LogP) is 3.16. The maximum absolute atomic E-state index is 13.0. The highest BCUT2D eigenvalue weighted by Gasteiger charge is 2.31. The number of fused-ring (bicyclic) bond motifs is 2. The van der Waals surface area contributed by atoms with Crippen LogP contribution in [0.4, 0.5) is 0 Å². The summed E-state index contributed by atoms with van der Waals surface area (Å²) in [5.41, 5.74) is 2.38. The number of aryl methyl sites for hydroxylation is 1. The Kier molecular flexibility index (Phi) is 3.06. The lowest BCUT2D eigenvalue weighted by atomic mass is 9.85. The van der Waals surface area contributed by atoms with Crippen LogP contribution < -0.4 is 0 Å². The molecule has 5 rings (SSSR count). The van der Waals surface area contributed by atoms with Gasteiger partial charge in [-0.25, -0.2) is 9.97 Å². The first-order valence-electron chi connectivity index (χ1n) is 8.40. The Morgan fingerprint density at radius 3 is 3.04 bits per heavy atom. The number of thiazole rings is 1. The molecular weight excluding hydrogens is 324 g/mol. The van der Waals surface area contributed by atoms with Gasteiger partial charge in [0.1, 0.15) is 17.1 Å². The van der Waals surface area contributed by atoms with Crippen molar-refractivity contribution in [2.24, 2.45) is 0 Å². The molecule has 3 aromatic heterocycles. The maximum Gasteiger partial charge on any atom is 0.273 e. The Bertz CT molecular complexity index is 934. The Morgan fingerprint density at radius 1 is 1.38 bits per heavy atom. The van der Waals surface area contributed by atoms with Crippen LogP contribution in [0.25, 0.3) is 4.96 Å². The van der Waals surface area contributed by atoms with Gasteiger partial charge in [-0.1, -0.05) is 6.42 Å². The van der Waals surface area contributed by atoms with Gasteiger partial charge < -0.3 is 9.32 Å². The summed E-state index contributed by atoms with van der Waals surface area (Å²) in [4.78, 5) is 24.9.